The summed E-state index contributed by atoms with van der Waals surface area (Å²) in [4.78, 5) is 28.2. The van der Waals surface area contributed by atoms with Gasteiger partial charge in [-0.3, -0.25) is 14.5 Å². The van der Waals surface area contributed by atoms with E-state index in [0.717, 1.165) is 25.0 Å². The molecule has 1 saturated heterocycles. The first-order chi connectivity index (χ1) is 15.7. The molecule has 1 atom stereocenters. The molecule has 2 aromatic carbocycles. The quantitative estimate of drug-likeness (QED) is 0.715. The lowest BCUT2D eigenvalue weighted by atomic mass is 9.83. The molecule has 4 rings (SSSR count). The van der Waals surface area contributed by atoms with E-state index in [2.05, 4.69) is 12.2 Å². The monoisotopic (exact) mass is 460 g/mol. The Morgan fingerprint density at radius 3 is 2.45 bits per heavy atom. The minimum absolute atomic E-state index is 0.0569. The molecule has 1 aliphatic carbocycles. The number of carbonyl (C=O) groups is 2. The number of amides is 2. The second-order valence-corrected chi connectivity index (χ2v) is 8.91. The number of ether oxygens (including phenoxy) is 1. The molecular formula is C25H27F3N2O3. The highest BCUT2D eigenvalue weighted by atomic mass is 19.4. The summed E-state index contributed by atoms with van der Waals surface area (Å²) in [6.07, 6.45) is -1.40. The summed E-state index contributed by atoms with van der Waals surface area (Å²) >= 11 is 0. The molecule has 0 radical (unpaired) electrons. The van der Waals surface area contributed by atoms with E-state index in [1.807, 2.05) is 6.07 Å². The normalized spacial score (nSPS) is 25.3. The van der Waals surface area contributed by atoms with E-state index in [-0.39, 0.29) is 19.1 Å². The van der Waals surface area contributed by atoms with Crippen molar-refractivity contribution in [2.45, 2.75) is 57.1 Å². The van der Waals surface area contributed by atoms with E-state index in [0.29, 0.717) is 29.9 Å². The second-order valence-electron chi connectivity index (χ2n) is 8.91. The smallest absolute Gasteiger partial charge is 0.353 e. The van der Waals surface area contributed by atoms with E-state index < -0.39 is 29.4 Å². The number of alkyl halides is 3. The zero-order chi connectivity index (χ0) is 23.6. The van der Waals surface area contributed by atoms with Crippen LogP contribution in [0, 0.1) is 5.92 Å². The fraction of sp³-hybridized carbons (Fsp3) is 0.440. The van der Waals surface area contributed by atoms with Crippen molar-refractivity contribution >= 4 is 11.8 Å². The second kappa shape index (κ2) is 9.17. The van der Waals surface area contributed by atoms with Gasteiger partial charge in [0.1, 0.15) is 11.8 Å². The lowest BCUT2D eigenvalue weighted by Gasteiger charge is -2.43. The lowest BCUT2D eigenvalue weighted by molar-refractivity contribution is -0.137. The largest absolute Gasteiger partial charge is 0.416 e. The van der Waals surface area contributed by atoms with Crippen LogP contribution in [0.2, 0.25) is 0 Å². The van der Waals surface area contributed by atoms with Crippen molar-refractivity contribution in [3.05, 3.63) is 71.3 Å². The molecule has 1 spiro atoms. The number of halogens is 3. The van der Waals surface area contributed by atoms with Crippen molar-refractivity contribution < 1.29 is 27.5 Å². The van der Waals surface area contributed by atoms with Crippen LogP contribution in [0.5, 0.6) is 0 Å². The zero-order valence-electron chi connectivity index (χ0n) is 18.4. The van der Waals surface area contributed by atoms with Gasteiger partial charge in [0.25, 0.3) is 5.91 Å². The van der Waals surface area contributed by atoms with Gasteiger partial charge in [0.15, 0.2) is 0 Å². The van der Waals surface area contributed by atoms with Crippen LogP contribution in [0.25, 0.3) is 0 Å². The van der Waals surface area contributed by atoms with E-state index >= 15 is 0 Å². The first kappa shape index (κ1) is 23.3. The molecule has 2 aliphatic rings. The Hall–Kier alpha value is -2.87. The van der Waals surface area contributed by atoms with E-state index in [9.17, 15) is 22.8 Å². The van der Waals surface area contributed by atoms with Gasteiger partial charge in [-0.2, -0.15) is 13.2 Å². The molecule has 33 heavy (non-hydrogen) atoms. The van der Waals surface area contributed by atoms with Gasteiger partial charge in [-0.1, -0.05) is 37.3 Å². The van der Waals surface area contributed by atoms with Gasteiger partial charge in [0, 0.05) is 12.1 Å². The third-order valence-corrected chi connectivity index (χ3v) is 6.58. The van der Waals surface area contributed by atoms with Crippen molar-refractivity contribution in [2.24, 2.45) is 5.92 Å². The van der Waals surface area contributed by atoms with Crippen molar-refractivity contribution in [1.82, 2.24) is 10.2 Å². The molecule has 0 aromatic heterocycles. The molecular weight excluding hydrogens is 433 g/mol. The summed E-state index contributed by atoms with van der Waals surface area (Å²) in [6, 6.07) is 12.8. The highest BCUT2D eigenvalue weighted by Gasteiger charge is 2.53. The number of carbonyl (C=O) groups excluding carboxylic acids is 2. The summed E-state index contributed by atoms with van der Waals surface area (Å²) in [7, 11) is 0. The van der Waals surface area contributed by atoms with E-state index in [4.69, 9.17) is 4.74 Å². The van der Waals surface area contributed by atoms with Gasteiger partial charge < -0.3 is 10.1 Å². The van der Waals surface area contributed by atoms with Crippen molar-refractivity contribution in [3.8, 4) is 0 Å². The molecule has 1 heterocycles. The number of nitrogens with zero attached hydrogens (tertiary/aromatic N) is 1. The molecule has 2 aromatic rings. The van der Waals surface area contributed by atoms with Gasteiger partial charge in [-0.15, -0.1) is 0 Å². The molecule has 0 bridgehead atoms. The highest BCUT2D eigenvalue weighted by molar-refractivity contribution is 5.98. The fourth-order valence-electron chi connectivity index (χ4n) is 4.66. The Balaban J connectivity index is 1.54. The van der Waals surface area contributed by atoms with Crippen LogP contribution < -0.4 is 5.32 Å². The lowest BCUT2D eigenvalue weighted by Crippen LogP contribution is -2.56. The molecule has 2 fully saturated rings. The Morgan fingerprint density at radius 1 is 1.09 bits per heavy atom. The van der Waals surface area contributed by atoms with Crippen molar-refractivity contribution in [3.63, 3.8) is 0 Å². The first-order valence-corrected chi connectivity index (χ1v) is 11.2. The first-order valence-electron chi connectivity index (χ1n) is 11.2. The average Bonchev–Trinajstić information content (AvgIpc) is 3.18. The Labute approximate surface area is 190 Å². The fourth-order valence-corrected chi connectivity index (χ4v) is 4.66. The molecule has 1 unspecified atom stereocenters. The average molecular weight is 460 g/mol. The van der Waals surface area contributed by atoms with E-state index in [1.165, 1.54) is 12.1 Å². The highest BCUT2D eigenvalue weighted by Crippen LogP contribution is 2.43. The van der Waals surface area contributed by atoms with Crippen LogP contribution in [0.15, 0.2) is 54.6 Å². The molecule has 8 heteroatoms. The maximum absolute atomic E-state index is 13.5. The molecule has 1 saturated carbocycles. The molecule has 2 amide bonds. The Kier molecular flexibility index (Phi) is 6.47. The van der Waals surface area contributed by atoms with Crippen LogP contribution in [0.4, 0.5) is 13.2 Å². The topological polar surface area (TPSA) is 58.6 Å². The van der Waals surface area contributed by atoms with Crippen LogP contribution in [-0.2, 0) is 22.3 Å². The maximum atomic E-state index is 13.5. The van der Waals surface area contributed by atoms with Crippen LogP contribution in [0.3, 0.4) is 0 Å². The molecule has 5 nitrogen and oxygen atoms in total. The Bertz CT molecular complexity index is 1000. The molecule has 1 N–H and O–H groups in total. The third kappa shape index (κ3) is 4.90. The summed E-state index contributed by atoms with van der Waals surface area (Å²) < 4.78 is 45.1. The minimum atomic E-state index is -4.46. The van der Waals surface area contributed by atoms with Gasteiger partial charge in [-0.05, 0) is 61.4 Å². The summed E-state index contributed by atoms with van der Waals surface area (Å²) in [5.41, 5.74) is -0.803. The SMILES string of the molecule is CC1CCC2(CC1)OCC(C(=O)NCc1cccc(C(F)(F)F)c1)N2C(=O)c1ccccc1. The number of hydrogen-bond donors (Lipinski definition) is 1. The van der Waals surface area contributed by atoms with Crippen LogP contribution in [-0.4, -0.2) is 35.1 Å². The number of hydrogen-bond acceptors (Lipinski definition) is 3. The van der Waals surface area contributed by atoms with Gasteiger partial charge >= 0.3 is 6.18 Å². The minimum Gasteiger partial charge on any atom is -0.353 e. The molecule has 176 valence electrons. The summed E-state index contributed by atoms with van der Waals surface area (Å²) in [5.74, 6) is -0.198. The molecule has 1 aliphatic heterocycles. The van der Waals surface area contributed by atoms with Gasteiger partial charge in [0.05, 0.1) is 12.2 Å². The summed E-state index contributed by atoms with van der Waals surface area (Å²) in [5, 5.41) is 2.71. The number of rotatable bonds is 4. The third-order valence-electron chi connectivity index (χ3n) is 6.58. The number of nitrogens with one attached hydrogen (secondary N) is 1. The van der Waals surface area contributed by atoms with Gasteiger partial charge in [-0.25, -0.2) is 0 Å². The van der Waals surface area contributed by atoms with Crippen molar-refractivity contribution in [2.75, 3.05) is 6.61 Å². The zero-order valence-corrected chi connectivity index (χ0v) is 18.4. The summed E-state index contributed by atoms with van der Waals surface area (Å²) in [6.45, 7) is 2.14. The van der Waals surface area contributed by atoms with Crippen molar-refractivity contribution in [1.29, 1.82) is 0 Å². The van der Waals surface area contributed by atoms with Gasteiger partial charge in [0.2, 0.25) is 5.91 Å². The van der Waals surface area contributed by atoms with Crippen LogP contribution >= 0.6 is 0 Å². The standard InChI is InChI=1S/C25H27F3N2O3/c1-17-10-12-24(13-11-17)30(23(32)19-7-3-2-4-8-19)21(16-33-24)22(31)29-15-18-6-5-9-20(14-18)25(26,27)28/h2-9,14,17,21H,10-13,15-16H2,1H3,(H,29,31). The van der Waals surface area contributed by atoms with E-state index in [1.54, 1.807) is 29.2 Å². The number of benzene rings is 2. The Morgan fingerprint density at radius 2 is 1.79 bits per heavy atom. The van der Waals surface area contributed by atoms with Crippen LogP contribution in [0.1, 0.15) is 54.1 Å². The predicted molar refractivity (Wildman–Crippen MR) is 116 cm³/mol. The maximum Gasteiger partial charge on any atom is 0.416 e. The predicted octanol–water partition coefficient (Wildman–Crippen LogP) is 4.77.